The number of carbonyl (C=O) groups excluding carboxylic acids is 3. The van der Waals surface area contributed by atoms with Crippen LogP contribution in [0.5, 0.6) is 0 Å². The number of amides is 1. The van der Waals surface area contributed by atoms with Gasteiger partial charge in [0.15, 0.2) is 0 Å². The van der Waals surface area contributed by atoms with Gasteiger partial charge in [0.2, 0.25) is 0 Å². The first-order chi connectivity index (χ1) is 15.6. The molecule has 0 atom stereocenters. The third-order valence-electron chi connectivity index (χ3n) is 5.51. The average molecular weight is 448 g/mol. The second-order valence-electron chi connectivity index (χ2n) is 8.79. The summed E-state index contributed by atoms with van der Waals surface area (Å²) in [7, 11) is 1.29. The maximum atomic E-state index is 13.4. The van der Waals surface area contributed by atoms with E-state index in [1.54, 1.807) is 44.2 Å². The van der Waals surface area contributed by atoms with Gasteiger partial charge in [-0.05, 0) is 60.7 Å². The van der Waals surface area contributed by atoms with Gasteiger partial charge in [-0.15, -0.1) is 0 Å². The molecule has 0 radical (unpaired) electrons. The minimum atomic E-state index is -0.580. The van der Waals surface area contributed by atoms with Crippen molar-refractivity contribution in [2.45, 2.75) is 40.0 Å². The largest absolute Gasteiger partial charge is 0.465 e. The summed E-state index contributed by atoms with van der Waals surface area (Å²) in [5.41, 5.74) is 3.86. The Kier molecular flexibility index (Phi) is 6.86. The third-order valence-corrected chi connectivity index (χ3v) is 5.51. The molecule has 2 aromatic carbocycles. The van der Waals surface area contributed by atoms with E-state index in [4.69, 9.17) is 9.47 Å². The van der Waals surface area contributed by atoms with Gasteiger partial charge in [-0.3, -0.25) is 9.69 Å². The van der Waals surface area contributed by atoms with Crippen LogP contribution in [0, 0.1) is 0 Å². The van der Waals surface area contributed by atoms with Crippen LogP contribution in [0.4, 0.5) is 5.69 Å². The number of methoxy groups -OCH3 is 1. The highest BCUT2D eigenvalue weighted by molar-refractivity contribution is 6.23. The van der Waals surface area contributed by atoms with Crippen LogP contribution >= 0.6 is 0 Å². The molecule has 0 bridgehead atoms. The van der Waals surface area contributed by atoms with Crippen LogP contribution in [0.15, 0.2) is 65.4 Å². The first-order valence-electron chi connectivity index (χ1n) is 10.8. The summed E-state index contributed by atoms with van der Waals surface area (Å²) in [6.45, 7) is 10.1. The monoisotopic (exact) mass is 447 g/mol. The van der Waals surface area contributed by atoms with E-state index >= 15 is 0 Å². The highest BCUT2D eigenvalue weighted by Crippen LogP contribution is 2.35. The highest BCUT2D eigenvalue weighted by Gasteiger charge is 2.38. The van der Waals surface area contributed by atoms with Gasteiger partial charge in [-0.2, -0.15) is 0 Å². The van der Waals surface area contributed by atoms with Crippen molar-refractivity contribution in [2.24, 2.45) is 0 Å². The molecule has 0 aliphatic carbocycles. The lowest BCUT2D eigenvalue weighted by atomic mass is 9.86. The maximum Gasteiger partial charge on any atom is 0.340 e. The summed E-state index contributed by atoms with van der Waals surface area (Å²) in [6.07, 6.45) is 1.71. The normalized spacial score (nSPS) is 15.3. The lowest BCUT2D eigenvalue weighted by Gasteiger charge is -2.19. The lowest BCUT2D eigenvalue weighted by molar-refractivity contribution is -0.136. The molecule has 1 aliphatic heterocycles. The highest BCUT2D eigenvalue weighted by atomic mass is 16.5. The summed E-state index contributed by atoms with van der Waals surface area (Å²) in [4.78, 5) is 39.4. The molecular weight excluding hydrogens is 418 g/mol. The van der Waals surface area contributed by atoms with Gasteiger partial charge in [0.25, 0.3) is 5.91 Å². The number of carbonyl (C=O) groups is 3. The van der Waals surface area contributed by atoms with Crippen molar-refractivity contribution in [3.63, 3.8) is 0 Å². The molecule has 0 saturated heterocycles. The van der Waals surface area contributed by atoms with Gasteiger partial charge < -0.3 is 9.47 Å². The van der Waals surface area contributed by atoms with E-state index in [9.17, 15) is 14.4 Å². The second-order valence-corrected chi connectivity index (χ2v) is 8.79. The van der Waals surface area contributed by atoms with E-state index in [0.717, 1.165) is 5.56 Å². The zero-order valence-corrected chi connectivity index (χ0v) is 19.9. The Morgan fingerprint density at radius 2 is 1.58 bits per heavy atom. The van der Waals surface area contributed by atoms with Crippen molar-refractivity contribution in [3.05, 3.63) is 82.1 Å². The van der Waals surface area contributed by atoms with Crippen LogP contribution in [-0.4, -0.2) is 31.6 Å². The number of allylic oxidation sites excluding steroid dienone is 1. The van der Waals surface area contributed by atoms with Crippen LogP contribution in [0.1, 0.15) is 56.1 Å². The molecule has 0 fully saturated rings. The first kappa shape index (κ1) is 24.0. The quantitative estimate of drug-likeness (QED) is 0.474. The number of ether oxygens (including phenoxy) is 2. The zero-order chi connectivity index (χ0) is 24.3. The Labute approximate surface area is 194 Å². The minimum absolute atomic E-state index is 0.00896. The van der Waals surface area contributed by atoms with Gasteiger partial charge >= 0.3 is 11.9 Å². The molecule has 6 heteroatoms. The van der Waals surface area contributed by atoms with Crippen molar-refractivity contribution >= 4 is 29.6 Å². The molecule has 0 aromatic heterocycles. The van der Waals surface area contributed by atoms with E-state index < -0.39 is 11.9 Å². The van der Waals surface area contributed by atoms with E-state index in [0.29, 0.717) is 16.9 Å². The van der Waals surface area contributed by atoms with Crippen molar-refractivity contribution in [1.29, 1.82) is 0 Å². The van der Waals surface area contributed by atoms with Gasteiger partial charge in [0.1, 0.15) is 0 Å². The smallest absolute Gasteiger partial charge is 0.340 e. The van der Waals surface area contributed by atoms with Crippen LogP contribution in [-0.2, 0) is 24.5 Å². The van der Waals surface area contributed by atoms with Crippen LogP contribution in [0.3, 0.4) is 0 Å². The van der Waals surface area contributed by atoms with E-state index in [2.05, 4.69) is 20.8 Å². The Balaban J connectivity index is 2.01. The molecule has 172 valence electrons. The number of hydrogen-bond acceptors (Lipinski definition) is 5. The fourth-order valence-electron chi connectivity index (χ4n) is 3.70. The molecule has 1 aliphatic rings. The molecule has 1 heterocycles. The van der Waals surface area contributed by atoms with Gasteiger partial charge in [0.05, 0.1) is 30.4 Å². The van der Waals surface area contributed by atoms with Gasteiger partial charge in [0, 0.05) is 11.4 Å². The molecule has 0 saturated carbocycles. The molecule has 0 N–H and O–H groups in total. The molecule has 2 aromatic rings. The number of benzene rings is 2. The lowest BCUT2D eigenvalue weighted by Crippen LogP contribution is -2.24. The molecular formula is C27H29NO5. The average Bonchev–Trinajstić information content (AvgIpc) is 3.02. The topological polar surface area (TPSA) is 72.9 Å². The van der Waals surface area contributed by atoms with Crippen LogP contribution < -0.4 is 4.90 Å². The fourth-order valence-corrected chi connectivity index (χ4v) is 3.70. The minimum Gasteiger partial charge on any atom is -0.465 e. The summed E-state index contributed by atoms with van der Waals surface area (Å²) < 4.78 is 9.98. The van der Waals surface area contributed by atoms with Gasteiger partial charge in [-0.1, -0.05) is 45.0 Å². The SMILES string of the molecule is CCOC(=O)c1ccc(N2C(=O)/C(=C\c3ccc(C(C)(C)C)cc3)C(C(=O)OC)=C2C)cc1. The molecule has 6 nitrogen and oxygen atoms in total. The standard InChI is InChI=1S/C27H29NO5/c1-7-33-25(30)19-10-14-21(15-11-19)28-17(2)23(26(31)32-6)22(24(28)29)16-18-8-12-20(13-9-18)27(3,4)5/h8-16H,7H2,1-6H3/b22-16-. The summed E-state index contributed by atoms with van der Waals surface area (Å²) >= 11 is 0. The van der Waals surface area contributed by atoms with Crippen LogP contribution in [0.25, 0.3) is 6.08 Å². The van der Waals surface area contributed by atoms with Crippen molar-refractivity contribution in [3.8, 4) is 0 Å². The third kappa shape index (κ3) is 4.90. The molecule has 0 spiro atoms. The number of nitrogens with zero attached hydrogens (tertiary/aromatic N) is 1. The molecule has 33 heavy (non-hydrogen) atoms. The van der Waals surface area contributed by atoms with E-state index in [1.807, 2.05) is 24.3 Å². The number of anilines is 1. The number of esters is 2. The van der Waals surface area contributed by atoms with E-state index in [1.165, 1.54) is 17.6 Å². The molecule has 1 amide bonds. The van der Waals surface area contributed by atoms with Crippen molar-refractivity contribution in [1.82, 2.24) is 0 Å². The van der Waals surface area contributed by atoms with Crippen LogP contribution in [0.2, 0.25) is 0 Å². The zero-order valence-electron chi connectivity index (χ0n) is 19.9. The van der Waals surface area contributed by atoms with Crippen molar-refractivity contribution < 1.29 is 23.9 Å². The van der Waals surface area contributed by atoms with Gasteiger partial charge in [-0.25, -0.2) is 9.59 Å². The first-order valence-corrected chi connectivity index (χ1v) is 10.8. The number of hydrogen-bond donors (Lipinski definition) is 0. The Bertz CT molecular complexity index is 1130. The maximum absolute atomic E-state index is 13.4. The Morgan fingerprint density at radius 1 is 0.970 bits per heavy atom. The predicted molar refractivity (Wildman–Crippen MR) is 128 cm³/mol. The molecule has 0 unspecified atom stereocenters. The Hall–Kier alpha value is -3.67. The second kappa shape index (κ2) is 9.45. The fraction of sp³-hybridized carbons (Fsp3) is 0.296. The molecule has 3 rings (SSSR count). The predicted octanol–water partition coefficient (Wildman–Crippen LogP) is 5.04. The number of rotatable bonds is 5. The Morgan fingerprint density at radius 3 is 2.09 bits per heavy atom. The summed E-state index contributed by atoms with van der Waals surface area (Å²) in [6, 6.07) is 14.4. The summed E-state index contributed by atoms with van der Waals surface area (Å²) in [5.74, 6) is -1.35. The summed E-state index contributed by atoms with van der Waals surface area (Å²) in [5, 5.41) is 0. The van der Waals surface area contributed by atoms with E-state index in [-0.39, 0.29) is 29.1 Å². The van der Waals surface area contributed by atoms with Crippen molar-refractivity contribution in [2.75, 3.05) is 18.6 Å².